The van der Waals surface area contributed by atoms with Crippen LogP contribution in [-0.4, -0.2) is 35.3 Å². The Morgan fingerprint density at radius 1 is 1.29 bits per heavy atom. The van der Waals surface area contributed by atoms with Crippen molar-refractivity contribution in [3.05, 3.63) is 29.6 Å². The van der Waals surface area contributed by atoms with Gasteiger partial charge < -0.3 is 20.6 Å². The molecule has 21 heavy (non-hydrogen) atoms. The molecule has 5 nitrogen and oxygen atoms in total. The van der Waals surface area contributed by atoms with Crippen LogP contribution in [0.2, 0.25) is 0 Å². The lowest BCUT2D eigenvalue weighted by Gasteiger charge is -2.48. The van der Waals surface area contributed by atoms with Crippen molar-refractivity contribution < 1.29 is 14.3 Å². The summed E-state index contributed by atoms with van der Waals surface area (Å²) < 4.78 is 19.5. The maximum atomic E-state index is 13.5. The molecule has 1 aromatic rings. The first kappa shape index (κ1) is 15.6. The summed E-state index contributed by atoms with van der Waals surface area (Å²) in [5.41, 5.74) is 6.10. The van der Waals surface area contributed by atoms with Gasteiger partial charge in [0.15, 0.2) is 5.84 Å². The minimum Gasteiger partial charge on any atom is -0.409 e. The lowest BCUT2D eigenvalue weighted by molar-refractivity contribution is -0.133. The summed E-state index contributed by atoms with van der Waals surface area (Å²) in [7, 11) is 0. The molecule has 1 saturated heterocycles. The fourth-order valence-electron chi connectivity index (χ4n) is 3.00. The number of oxime groups is 1. The molecule has 6 heteroatoms. The number of ether oxygens (including phenoxy) is 1. The molecule has 0 unspecified atom stereocenters. The maximum Gasteiger partial charge on any atom is 0.172 e. The first-order valence-electron chi connectivity index (χ1n) is 6.86. The van der Waals surface area contributed by atoms with Crippen molar-refractivity contribution in [1.82, 2.24) is 0 Å². The Morgan fingerprint density at radius 2 is 1.86 bits per heavy atom. The van der Waals surface area contributed by atoms with Gasteiger partial charge >= 0.3 is 0 Å². The normalized spacial score (nSPS) is 21.4. The average Bonchev–Trinajstić information content (AvgIpc) is 2.33. The highest BCUT2D eigenvalue weighted by Gasteiger charge is 2.38. The SMILES string of the molecule is CC1(C)CN(c2ccc(F)cc2/C(N)=N/O)CC(C)(C)O1. The van der Waals surface area contributed by atoms with Crippen molar-refractivity contribution in [2.24, 2.45) is 10.9 Å². The highest BCUT2D eigenvalue weighted by atomic mass is 19.1. The molecule has 1 aliphatic heterocycles. The predicted molar refractivity (Wildman–Crippen MR) is 80.4 cm³/mol. The van der Waals surface area contributed by atoms with Crippen LogP contribution >= 0.6 is 0 Å². The second-order valence-electron chi connectivity index (χ2n) is 6.62. The Bertz CT molecular complexity index is 554. The number of morpholine rings is 1. The third-order valence-electron chi connectivity index (χ3n) is 3.38. The van der Waals surface area contributed by atoms with Crippen LogP contribution < -0.4 is 10.6 Å². The topological polar surface area (TPSA) is 71.1 Å². The number of hydrogen-bond acceptors (Lipinski definition) is 4. The molecule has 0 bridgehead atoms. The molecule has 3 N–H and O–H groups in total. The summed E-state index contributed by atoms with van der Waals surface area (Å²) >= 11 is 0. The van der Waals surface area contributed by atoms with Gasteiger partial charge in [0.2, 0.25) is 0 Å². The molecule has 0 aromatic heterocycles. The molecule has 1 aliphatic rings. The van der Waals surface area contributed by atoms with E-state index in [1.807, 2.05) is 27.7 Å². The standard InChI is InChI=1S/C15H22FN3O2/c1-14(2)8-19(9-15(3,4)21-14)12-6-5-10(16)7-11(12)13(17)18-20/h5-7,20H,8-9H2,1-4H3,(H2,17,18). The largest absolute Gasteiger partial charge is 0.409 e. The molecule has 0 spiro atoms. The fraction of sp³-hybridized carbons (Fsp3) is 0.533. The summed E-state index contributed by atoms with van der Waals surface area (Å²) in [5, 5.41) is 11.9. The van der Waals surface area contributed by atoms with Crippen LogP contribution in [0.5, 0.6) is 0 Å². The van der Waals surface area contributed by atoms with Crippen molar-refractivity contribution in [3.63, 3.8) is 0 Å². The first-order valence-corrected chi connectivity index (χ1v) is 6.86. The van der Waals surface area contributed by atoms with E-state index in [1.165, 1.54) is 12.1 Å². The smallest absolute Gasteiger partial charge is 0.172 e. The molecular weight excluding hydrogens is 273 g/mol. The number of rotatable bonds is 2. The van der Waals surface area contributed by atoms with Crippen LogP contribution in [-0.2, 0) is 4.74 Å². The van der Waals surface area contributed by atoms with E-state index in [2.05, 4.69) is 10.1 Å². The third kappa shape index (κ3) is 3.44. The molecule has 2 rings (SSSR count). The van der Waals surface area contributed by atoms with Crippen LogP contribution in [0.4, 0.5) is 10.1 Å². The van der Waals surface area contributed by atoms with Gasteiger partial charge in [-0.2, -0.15) is 0 Å². The van der Waals surface area contributed by atoms with Crippen LogP contribution in [0.25, 0.3) is 0 Å². The number of amidine groups is 1. The van der Waals surface area contributed by atoms with Crippen LogP contribution in [0.15, 0.2) is 23.4 Å². The van der Waals surface area contributed by atoms with E-state index in [0.717, 1.165) is 5.69 Å². The quantitative estimate of drug-likeness (QED) is 0.380. The molecule has 0 atom stereocenters. The van der Waals surface area contributed by atoms with Gasteiger partial charge in [0.25, 0.3) is 0 Å². The Morgan fingerprint density at radius 3 is 2.38 bits per heavy atom. The van der Waals surface area contributed by atoms with E-state index in [-0.39, 0.29) is 17.0 Å². The number of hydrogen-bond donors (Lipinski definition) is 2. The fourth-order valence-corrected chi connectivity index (χ4v) is 3.00. The van der Waals surface area contributed by atoms with Gasteiger partial charge in [0, 0.05) is 24.3 Å². The first-order chi connectivity index (χ1) is 9.63. The van der Waals surface area contributed by atoms with Crippen molar-refractivity contribution in [2.45, 2.75) is 38.9 Å². The van der Waals surface area contributed by atoms with Gasteiger partial charge in [0.1, 0.15) is 5.82 Å². The van der Waals surface area contributed by atoms with Crippen LogP contribution in [0, 0.1) is 5.82 Å². The zero-order valence-electron chi connectivity index (χ0n) is 12.9. The van der Waals surface area contributed by atoms with Crippen molar-refractivity contribution >= 4 is 11.5 Å². The summed E-state index contributed by atoms with van der Waals surface area (Å²) in [6, 6.07) is 4.30. The van der Waals surface area contributed by atoms with E-state index in [1.54, 1.807) is 6.07 Å². The van der Waals surface area contributed by atoms with E-state index >= 15 is 0 Å². The Hall–Kier alpha value is -1.82. The average molecular weight is 295 g/mol. The van der Waals surface area contributed by atoms with E-state index in [4.69, 9.17) is 15.7 Å². The van der Waals surface area contributed by atoms with E-state index in [9.17, 15) is 4.39 Å². The van der Waals surface area contributed by atoms with Gasteiger partial charge in [-0.25, -0.2) is 4.39 Å². The number of benzene rings is 1. The molecule has 0 amide bonds. The van der Waals surface area contributed by atoms with Crippen molar-refractivity contribution in [3.8, 4) is 0 Å². The molecule has 0 saturated carbocycles. The molecule has 1 fully saturated rings. The summed E-state index contributed by atoms with van der Waals surface area (Å²) in [6.07, 6.45) is 0. The summed E-state index contributed by atoms with van der Waals surface area (Å²) in [4.78, 5) is 2.08. The lowest BCUT2D eigenvalue weighted by Crippen LogP contribution is -2.57. The van der Waals surface area contributed by atoms with E-state index < -0.39 is 5.82 Å². The number of nitrogens with zero attached hydrogens (tertiary/aromatic N) is 2. The van der Waals surface area contributed by atoms with Crippen LogP contribution in [0.3, 0.4) is 0 Å². The third-order valence-corrected chi connectivity index (χ3v) is 3.38. The molecule has 1 aromatic carbocycles. The minimum atomic E-state index is -0.424. The number of anilines is 1. The molecule has 0 radical (unpaired) electrons. The van der Waals surface area contributed by atoms with Gasteiger partial charge in [0.05, 0.1) is 11.2 Å². The molecule has 0 aliphatic carbocycles. The zero-order valence-corrected chi connectivity index (χ0v) is 12.9. The zero-order chi connectivity index (χ0) is 15.8. The van der Waals surface area contributed by atoms with Gasteiger partial charge in [-0.3, -0.25) is 0 Å². The Balaban J connectivity index is 2.46. The predicted octanol–water partition coefficient (Wildman–Crippen LogP) is 2.31. The monoisotopic (exact) mass is 295 g/mol. The molecule has 116 valence electrons. The second kappa shape index (κ2) is 5.18. The molecule has 1 heterocycles. The number of nitrogens with two attached hydrogens (primary N) is 1. The molecular formula is C15H22FN3O2. The highest BCUT2D eigenvalue weighted by molar-refractivity contribution is 6.02. The maximum absolute atomic E-state index is 13.5. The van der Waals surface area contributed by atoms with Gasteiger partial charge in [-0.1, -0.05) is 5.16 Å². The van der Waals surface area contributed by atoms with Gasteiger partial charge in [-0.15, -0.1) is 0 Å². The van der Waals surface area contributed by atoms with Crippen molar-refractivity contribution in [2.75, 3.05) is 18.0 Å². The Kier molecular flexibility index (Phi) is 3.84. The lowest BCUT2D eigenvalue weighted by atomic mass is 9.97. The summed E-state index contributed by atoms with van der Waals surface area (Å²) in [6.45, 7) is 9.30. The Labute approximate surface area is 124 Å². The van der Waals surface area contributed by atoms with Gasteiger partial charge in [-0.05, 0) is 45.9 Å². The minimum absolute atomic E-state index is 0.105. The summed E-state index contributed by atoms with van der Waals surface area (Å²) in [5.74, 6) is -0.529. The van der Waals surface area contributed by atoms with E-state index in [0.29, 0.717) is 18.7 Å². The number of halogens is 1. The van der Waals surface area contributed by atoms with Crippen molar-refractivity contribution in [1.29, 1.82) is 0 Å². The van der Waals surface area contributed by atoms with Crippen LogP contribution in [0.1, 0.15) is 33.3 Å². The highest BCUT2D eigenvalue weighted by Crippen LogP contribution is 2.33. The second-order valence-corrected chi connectivity index (χ2v) is 6.62.